The van der Waals surface area contributed by atoms with Crippen molar-refractivity contribution in [2.24, 2.45) is 11.8 Å². The molecule has 1 fully saturated rings. The first kappa shape index (κ1) is 4.30. The molecule has 0 bridgehead atoms. The molecule has 0 amide bonds. The molecule has 0 aromatic heterocycles. The van der Waals surface area contributed by atoms with Crippen molar-refractivity contribution in [2.45, 2.75) is 12.8 Å². The molecule has 0 spiro atoms. The average Bonchev–Trinajstić information content (AvgIpc) is 2.09. The summed E-state index contributed by atoms with van der Waals surface area (Å²) in [4.78, 5) is 10.7. The smallest absolute Gasteiger partial charge is 0.137 e. The Bertz CT molecular complexity index is 158. The Morgan fingerprint density at radius 3 is 3.00 bits per heavy atom. The molecular formula is C7H8O. The van der Waals surface area contributed by atoms with E-state index in [1.807, 2.05) is 0 Å². The van der Waals surface area contributed by atoms with Gasteiger partial charge in [0, 0.05) is 12.3 Å². The third-order valence-electron chi connectivity index (χ3n) is 2.14. The maximum absolute atomic E-state index is 10.7. The van der Waals surface area contributed by atoms with E-state index in [9.17, 15) is 4.79 Å². The molecule has 1 nitrogen and oxygen atoms in total. The summed E-state index contributed by atoms with van der Waals surface area (Å²) in [7, 11) is 0. The Hall–Kier alpha value is -0.590. The van der Waals surface area contributed by atoms with Crippen molar-refractivity contribution in [3.63, 3.8) is 0 Å². The Morgan fingerprint density at radius 2 is 2.50 bits per heavy atom. The number of allylic oxidation sites excluding steroid dienone is 2. The fraction of sp³-hybridized carbons (Fsp3) is 0.571. The first-order chi connectivity index (χ1) is 3.88. The number of ketones is 1. The zero-order chi connectivity index (χ0) is 5.56. The van der Waals surface area contributed by atoms with Gasteiger partial charge in [0.1, 0.15) is 5.78 Å². The van der Waals surface area contributed by atoms with Crippen molar-refractivity contribution in [3.05, 3.63) is 12.2 Å². The third-order valence-corrected chi connectivity index (χ3v) is 2.14. The van der Waals surface area contributed by atoms with E-state index < -0.39 is 0 Å². The lowest BCUT2D eigenvalue weighted by molar-refractivity contribution is -0.131. The van der Waals surface area contributed by atoms with Gasteiger partial charge in [-0.15, -0.1) is 0 Å². The van der Waals surface area contributed by atoms with Gasteiger partial charge in [-0.2, -0.15) is 0 Å². The van der Waals surface area contributed by atoms with Gasteiger partial charge in [0.15, 0.2) is 0 Å². The lowest BCUT2D eigenvalue weighted by Gasteiger charge is -2.27. The van der Waals surface area contributed by atoms with E-state index in [-0.39, 0.29) is 0 Å². The Balaban J connectivity index is 2.19. The SMILES string of the molecule is O=C1C[C@H]2C=CC[C@@H]12. The molecular weight excluding hydrogens is 100 g/mol. The first-order valence-electron chi connectivity index (χ1n) is 3.07. The van der Waals surface area contributed by atoms with Crippen LogP contribution in [0.2, 0.25) is 0 Å². The summed E-state index contributed by atoms with van der Waals surface area (Å²) in [5.74, 6) is 1.53. The molecule has 2 aliphatic rings. The molecule has 0 aliphatic heterocycles. The minimum atomic E-state index is 0.412. The summed E-state index contributed by atoms with van der Waals surface area (Å²) in [5, 5.41) is 0. The second-order valence-corrected chi connectivity index (χ2v) is 2.60. The summed E-state index contributed by atoms with van der Waals surface area (Å²) < 4.78 is 0. The van der Waals surface area contributed by atoms with E-state index >= 15 is 0 Å². The van der Waals surface area contributed by atoms with Crippen molar-refractivity contribution in [1.82, 2.24) is 0 Å². The van der Waals surface area contributed by atoms with Gasteiger partial charge in [-0.25, -0.2) is 0 Å². The fourth-order valence-electron chi connectivity index (χ4n) is 1.51. The monoisotopic (exact) mass is 108 g/mol. The average molecular weight is 108 g/mol. The lowest BCUT2D eigenvalue weighted by atomic mass is 9.75. The van der Waals surface area contributed by atoms with Crippen LogP contribution in [0.1, 0.15) is 12.8 Å². The number of fused-ring (bicyclic) bond motifs is 1. The van der Waals surface area contributed by atoms with E-state index in [0.717, 1.165) is 12.8 Å². The van der Waals surface area contributed by atoms with Gasteiger partial charge < -0.3 is 0 Å². The summed E-state index contributed by atoms with van der Waals surface area (Å²) in [6, 6.07) is 0. The second kappa shape index (κ2) is 1.22. The highest BCUT2D eigenvalue weighted by molar-refractivity contribution is 5.88. The van der Waals surface area contributed by atoms with Gasteiger partial charge in [-0.05, 0) is 12.3 Å². The molecule has 0 N–H and O–H groups in total. The van der Waals surface area contributed by atoms with Crippen LogP contribution in [0.4, 0.5) is 0 Å². The van der Waals surface area contributed by atoms with Crippen LogP contribution >= 0.6 is 0 Å². The van der Waals surface area contributed by atoms with Crippen molar-refractivity contribution in [1.29, 1.82) is 0 Å². The molecule has 2 aliphatic carbocycles. The minimum Gasteiger partial charge on any atom is -0.299 e. The highest BCUT2D eigenvalue weighted by Crippen LogP contribution is 2.38. The van der Waals surface area contributed by atoms with Crippen molar-refractivity contribution >= 4 is 5.78 Å². The normalized spacial score (nSPS) is 41.8. The largest absolute Gasteiger partial charge is 0.299 e. The Kier molecular flexibility index (Phi) is 0.655. The van der Waals surface area contributed by atoms with E-state index in [2.05, 4.69) is 12.2 Å². The van der Waals surface area contributed by atoms with Gasteiger partial charge in [0.2, 0.25) is 0 Å². The molecule has 0 aromatic rings. The third kappa shape index (κ3) is 0.347. The number of carbonyl (C=O) groups excluding carboxylic acids is 1. The van der Waals surface area contributed by atoms with E-state index in [1.54, 1.807) is 0 Å². The van der Waals surface area contributed by atoms with Crippen molar-refractivity contribution in [2.75, 3.05) is 0 Å². The number of Topliss-reactive ketones (excluding diaryl/α,β-unsaturated/α-hetero) is 1. The topological polar surface area (TPSA) is 17.1 Å². The van der Waals surface area contributed by atoms with Crippen LogP contribution in [0.15, 0.2) is 12.2 Å². The van der Waals surface area contributed by atoms with Gasteiger partial charge in [-0.3, -0.25) is 4.79 Å². The van der Waals surface area contributed by atoms with Gasteiger partial charge in [-0.1, -0.05) is 12.2 Å². The zero-order valence-corrected chi connectivity index (χ0v) is 4.63. The van der Waals surface area contributed by atoms with E-state index in [1.165, 1.54) is 0 Å². The molecule has 8 heavy (non-hydrogen) atoms. The molecule has 0 aromatic carbocycles. The molecule has 1 saturated carbocycles. The predicted molar refractivity (Wildman–Crippen MR) is 30.4 cm³/mol. The van der Waals surface area contributed by atoms with Gasteiger partial charge in [0.25, 0.3) is 0 Å². The maximum Gasteiger partial charge on any atom is 0.137 e. The molecule has 2 atom stereocenters. The standard InChI is InChI=1S/C7H8O/c8-7-4-5-2-1-3-6(5)7/h1-2,5-6H,3-4H2/t5-,6-/m1/s1. The first-order valence-corrected chi connectivity index (χ1v) is 3.07. The summed E-state index contributed by atoms with van der Waals surface area (Å²) in [6.07, 6.45) is 6.14. The van der Waals surface area contributed by atoms with E-state index in [0.29, 0.717) is 17.6 Å². The van der Waals surface area contributed by atoms with Crippen LogP contribution in [0.3, 0.4) is 0 Å². The van der Waals surface area contributed by atoms with Crippen LogP contribution in [-0.2, 0) is 4.79 Å². The zero-order valence-electron chi connectivity index (χ0n) is 4.63. The quantitative estimate of drug-likeness (QED) is 0.425. The number of hydrogen-bond acceptors (Lipinski definition) is 1. The highest BCUT2D eigenvalue weighted by Gasteiger charge is 2.39. The van der Waals surface area contributed by atoms with Crippen LogP contribution < -0.4 is 0 Å². The van der Waals surface area contributed by atoms with E-state index in [4.69, 9.17) is 0 Å². The molecule has 0 radical (unpaired) electrons. The number of rotatable bonds is 0. The number of hydrogen-bond donors (Lipinski definition) is 0. The predicted octanol–water partition coefficient (Wildman–Crippen LogP) is 1.15. The maximum atomic E-state index is 10.7. The fourth-order valence-corrected chi connectivity index (χ4v) is 1.51. The minimum absolute atomic E-state index is 0.412. The lowest BCUT2D eigenvalue weighted by Crippen LogP contribution is -2.32. The van der Waals surface area contributed by atoms with Crippen molar-refractivity contribution in [3.8, 4) is 0 Å². The molecule has 42 valence electrons. The summed E-state index contributed by atoms with van der Waals surface area (Å²) in [5.41, 5.74) is 0. The van der Waals surface area contributed by atoms with Crippen LogP contribution in [0, 0.1) is 11.8 Å². The summed E-state index contributed by atoms with van der Waals surface area (Å²) >= 11 is 0. The molecule has 0 heterocycles. The van der Waals surface area contributed by atoms with Gasteiger partial charge in [0.05, 0.1) is 0 Å². The van der Waals surface area contributed by atoms with Gasteiger partial charge >= 0.3 is 0 Å². The highest BCUT2D eigenvalue weighted by atomic mass is 16.1. The Morgan fingerprint density at radius 1 is 1.62 bits per heavy atom. The molecule has 2 rings (SSSR count). The van der Waals surface area contributed by atoms with Crippen molar-refractivity contribution < 1.29 is 4.79 Å². The molecule has 0 unspecified atom stereocenters. The second-order valence-electron chi connectivity index (χ2n) is 2.60. The number of carbonyl (C=O) groups is 1. The van der Waals surface area contributed by atoms with Crippen LogP contribution in [-0.4, -0.2) is 5.78 Å². The van der Waals surface area contributed by atoms with Crippen LogP contribution in [0.5, 0.6) is 0 Å². The molecule has 1 heteroatoms. The van der Waals surface area contributed by atoms with Crippen LogP contribution in [0.25, 0.3) is 0 Å². The Labute approximate surface area is 48.4 Å². The summed E-state index contributed by atoms with van der Waals surface area (Å²) in [6.45, 7) is 0. The molecule has 0 saturated heterocycles.